The second-order valence-corrected chi connectivity index (χ2v) is 11.2. The highest BCUT2D eigenvalue weighted by atomic mass is 32.1. The highest BCUT2D eigenvalue weighted by Crippen LogP contribution is 2.30. The Balaban J connectivity index is 1.36. The van der Waals surface area contributed by atoms with Gasteiger partial charge in [0.1, 0.15) is 10.7 Å². The number of thiazole rings is 1. The zero-order valence-electron chi connectivity index (χ0n) is 18.6. The predicted octanol–water partition coefficient (Wildman–Crippen LogP) is 4.15. The number of nitrogens with zero attached hydrogens (tertiary/aromatic N) is 3. The van der Waals surface area contributed by atoms with Crippen molar-refractivity contribution in [1.29, 1.82) is 0 Å². The van der Waals surface area contributed by atoms with Gasteiger partial charge in [0.25, 0.3) is 0 Å². The van der Waals surface area contributed by atoms with E-state index in [9.17, 15) is 0 Å². The molecule has 0 saturated carbocycles. The van der Waals surface area contributed by atoms with E-state index in [-0.39, 0.29) is 11.7 Å². The molecular weight excluding hydrogens is 394 g/mol. The second-order valence-electron chi connectivity index (χ2n) is 10.1. The molecule has 160 valence electrons. The Hall–Kier alpha value is -1.78. The summed E-state index contributed by atoms with van der Waals surface area (Å²) in [6.45, 7) is 15.5. The zero-order chi connectivity index (χ0) is 21.4. The summed E-state index contributed by atoms with van der Waals surface area (Å²) < 4.78 is 11.7. The van der Waals surface area contributed by atoms with Gasteiger partial charge in [0, 0.05) is 47.8 Å². The average Bonchev–Trinajstić information content (AvgIpc) is 3.10. The summed E-state index contributed by atoms with van der Waals surface area (Å²) in [6.07, 6.45) is 4.31. The summed E-state index contributed by atoms with van der Waals surface area (Å²) >= 11 is 1.66. The van der Waals surface area contributed by atoms with Crippen molar-refractivity contribution >= 4 is 11.3 Å². The fourth-order valence-electron chi connectivity index (χ4n) is 3.92. The molecule has 2 aromatic rings. The van der Waals surface area contributed by atoms with E-state index in [1.165, 1.54) is 0 Å². The lowest BCUT2D eigenvalue weighted by atomic mass is 9.84. The van der Waals surface area contributed by atoms with Crippen LogP contribution in [0.15, 0.2) is 18.5 Å². The Kier molecular flexibility index (Phi) is 6.00. The summed E-state index contributed by atoms with van der Waals surface area (Å²) in [5, 5.41) is 0.931. The lowest BCUT2D eigenvalue weighted by Crippen LogP contribution is -2.52. The molecule has 4 heterocycles. The number of hydrogen-bond acceptors (Lipinski definition) is 6. The Morgan fingerprint density at radius 1 is 1.10 bits per heavy atom. The molecule has 5 nitrogen and oxygen atoms in total. The number of ether oxygens (including phenoxy) is 2. The molecule has 0 atom stereocenters. The van der Waals surface area contributed by atoms with Gasteiger partial charge in [-0.1, -0.05) is 39.5 Å². The maximum Gasteiger partial charge on any atom is 0.162 e. The minimum atomic E-state index is -0.185. The quantitative estimate of drug-likeness (QED) is 0.689. The van der Waals surface area contributed by atoms with Gasteiger partial charge >= 0.3 is 0 Å². The zero-order valence-corrected chi connectivity index (χ0v) is 19.4. The first-order valence-electron chi connectivity index (χ1n) is 10.6. The predicted molar refractivity (Wildman–Crippen MR) is 120 cm³/mol. The molecule has 0 aliphatic carbocycles. The third-order valence-electron chi connectivity index (χ3n) is 5.36. The SMILES string of the molecule is Cc1cc(C#CCN2CC(C)(C)C2)cnc1-c1ncc(CC2OCC(C)(C)CO2)s1. The fourth-order valence-corrected chi connectivity index (χ4v) is 4.91. The number of aromatic nitrogens is 2. The smallest absolute Gasteiger partial charge is 0.162 e. The summed E-state index contributed by atoms with van der Waals surface area (Å²) in [5.74, 6) is 6.53. The number of aryl methyl sites for hydroxylation is 1. The van der Waals surface area contributed by atoms with Crippen LogP contribution in [0.4, 0.5) is 0 Å². The first-order valence-corrected chi connectivity index (χ1v) is 11.4. The standard InChI is InChI=1S/C24H31N3O2S/c1-17-9-18(7-6-8-27-13-23(2,3)14-27)11-25-21(17)22-26-12-19(30-22)10-20-28-15-24(4,5)16-29-20/h9,11-12,20H,8,10,13-16H2,1-5H3. The van der Waals surface area contributed by atoms with Gasteiger partial charge in [-0.15, -0.1) is 11.3 Å². The van der Waals surface area contributed by atoms with Gasteiger partial charge in [-0.2, -0.15) is 0 Å². The minimum Gasteiger partial charge on any atom is -0.352 e. The van der Waals surface area contributed by atoms with Crippen molar-refractivity contribution in [3.05, 3.63) is 34.5 Å². The van der Waals surface area contributed by atoms with E-state index in [0.717, 1.165) is 66.0 Å². The van der Waals surface area contributed by atoms with Crippen molar-refractivity contribution in [3.8, 4) is 22.5 Å². The van der Waals surface area contributed by atoms with Crippen LogP contribution in [0.25, 0.3) is 10.7 Å². The van der Waals surface area contributed by atoms with Crippen LogP contribution in [0.3, 0.4) is 0 Å². The lowest BCUT2D eigenvalue weighted by molar-refractivity contribution is -0.220. The molecule has 0 aromatic carbocycles. The van der Waals surface area contributed by atoms with Crippen LogP contribution in [0.5, 0.6) is 0 Å². The van der Waals surface area contributed by atoms with Crippen LogP contribution in [-0.4, -0.2) is 54.0 Å². The largest absolute Gasteiger partial charge is 0.352 e. The van der Waals surface area contributed by atoms with Gasteiger partial charge in [0.15, 0.2) is 6.29 Å². The molecule has 2 fully saturated rings. The monoisotopic (exact) mass is 425 g/mol. The third-order valence-corrected chi connectivity index (χ3v) is 6.39. The molecule has 6 heteroatoms. The van der Waals surface area contributed by atoms with E-state index < -0.39 is 0 Å². The van der Waals surface area contributed by atoms with Crippen molar-refractivity contribution in [2.24, 2.45) is 10.8 Å². The molecule has 30 heavy (non-hydrogen) atoms. The maximum absolute atomic E-state index is 5.85. The molecular formula is C24H31N3O2S. The van der Waals surface area contributed by atoms with Crippen molar-refractivity contribution < 1.29 is 9.47 Å². The van der Waals surface area contributed by atoms with Crippen LogP contribution >= 0.6 is 11.3 Å². The first-order chi connectivity index (χ1) is 14.2. The van der Waals surface area contributed by atoms with Crippen LogP contribution in [0, 0.1) is 29.6 Å². The number of likely N-dealkylation sites (tertiary alicyclic amines) is 1. The van der Waals surface area contributed by atoms with E-state index in [4.69, 9.17) is 9.47 Å². The topological polar surface area (TPSA) is 47.5 Å². The Bertz CT molecular complexity index is 952. The highest BCUT2D eigenvalue weighted by molar-refractivity contribution is 7.15. The van der Waals surface area contributed by atoms with E-state index in [1.807, 2.05) is 12.4 Å². The molecule has 0 N–H and O–H groups in total. The molecule has 4 rings (SSSR count). The summed E-state index contributed by atoms with van der Waals surface area (Å²) in [6, 6.07) is 2.10. The minimum absolute atomic E-state index is 0.0902. The van der Waals surface area contributed by atoms with E-state index in [1.54, 1.807) is 11.3 Å². The van der Waals surface area contributed by atoms with E-state index in [2.05, 4.69) is 67.4 Å². The van der Waals surface area contributed by atoms with Crippen molar-refractivity contribution in [2.75, 3.05) is 32.8 Å². The van der Waals surface area contributed by atoms with Gasteiger partial charge in [0.2, 0.25) is 0 Å². The van der Waals surface area contributed by atoms with E-state index >= 15 is 0 Å². The Morgan fingerprint density at radius 2 is 1.83 bits per heavy atom. The molecule has 2 aliphatic rings. The second kappa shape index (κ2) is 8.39. The third kappa shape index (κ3) is 5.28. The molecule has 0 spiro atoms. The maximum atomic E-state index is 5.85. The lowest BCUT2D eigenvalue weighted by Gasteiger charge is -2.44. The normalized spacial score (nSPS) is 21.0. The van der Waals surface area contributed by atoms with Crippen molar-refractivity contribution in [1.82, 2.24) is 14.9 Å². The first kappa shape index (κ1) is 21.5. The Labute approximate surface area is 183 Å². The van der Waals surface area contributed by atoms with Gasteiger partial charge in [0.05, 0.1) is 19.8 Å². The molecule has 0 amide bonds. The van der Waals surface area contributed by atoms with Crippen LogP contribution in [0.1, 0.15) is 43.7 Å². The summed E-state index contributed by atoms with van der Waals surface area (Å²) in [7, 11) is 0. The number of pyridine rings is 1. The molecule has 0 bridgehead atoms. The van der Waals surface area contributed by atoms with Gasteiger partial charge in [-0.05, 0) is 24.0 Å². The number of rotatable bonds is 4. The van der Waals surface area contributed by atoms with E-state index in [0.29, 0.717) is 5.41 Å². The van der Waals surface area contributed by atoms with Crippen LogP contribution in [0.2, 0.25) is 0 Å². The molecule has 2 aliphatic heterocycles. The highest BCUT2D eigenvalue weighted by Gasteiger charge is 2.33. The molecule has 0 radical (unpaired) electrons. The fraction of sp³-hybridized carbons (Fsp3) is 0.583. The van der Waals surface area contributed by atoms with Crippen molar-refractivity contribution in [3.63, 3.8) is 0 Å². The summed E-state index contributed by atoms with van der Waals surface area (Å²) in [5.41, 5.74) is 3.51. The van der Waals surface area contributed by atoms with Crippen LogP contribution in [-0.2, 0) is 15.9 Å². The van der Waals surface area contributed by atoms with Crippen molar-refractivity contribution in [2.45, 2.75) is 47.3 Å². The average molecular weight is 426 g/mol. The molecule has 0 unspecified atom stereocenters. The van der Waals surface area contributed by atoms with Gasteiger partial charge < -0.3 is 9.47 Å². The van der Waals surface area contributed by atoms with Gasteiger partial charge in [-0.25, -0.2) is 4.98 Å². The summed E-state index contributed by atoms with van der Waals surface area (Å²) in [4.78, 5) is 12.8. The Morgan fingerprint density at radius 3 is 2.50 bits per heavy atom. The molecule has 2 saturated heterocycles. The van der Waals surface area contributed by atoms with Gasteiger partial charge in [-0.3, -0.25) is 9.88 Å². The van der Waals surface area contributed by atoms with Crippen LogP contribution < -0.4 is 0 Å². The number of hydrogen-bond donors (Lipinski definition) is 0. The molecule has 2 aromatic heterocycles.